The number of para-hydroxylation sites is 1. The Kier molecular flexibility index (Phi) is 6.27. The van der Waals surface area contributed by atoms with Crippen LogP contribution in [0, 0.1) is 0 Å². The van der Waals surface area contributed by atoms with Crippen LogP contribution in [0.2, 0.25) is 0 Å². The van der Waals surface area contributed by atoms with Gasteiger partial charge in [-0.2, -0.15) is 13.2 Å². The Labute approximate surface area is 167 Å². The third-order valence-corrected chi connectivity index (χ3v) is 4.91. The summed E-state index contributed by atoms with van der Waals surface area (Å²) in [6, 6.07) is 12.9. The van der Waals surface area contributed by atoms with Gasteiger partial charge in [-0.3, -0.25) is 4.79 Å². The second kappa shape index (κ2) is 8.69. The first-order valence-electron chi connectivity index (χ1n) is 9.41. The molecule has 0 radical (unpaired) electrons. The van der Waals surface area contributed by atoms with E-state index in [2.05, 4.69) is 10.3 Å². The molecule has 4 nitrogen and oxygen atoms in total. The number of carbonyl (C=O) groups is 1. The van der Waals surface area contributed by atoms with Crippen molar-refractivity contribution >= 4 is 16.8 Å². The Bertz CT molecular complexity index is 979. The highest BCUT2D eigenvalue weighted by atomic mass is 19.4. The van der Waals surface area contributed by atoms with Gasteiger partial charge in [0.05, 0.1) is 5.56 Å². The van der Waals surface area contributed by atoms with Gasteiger partial charge in [-0.1, -0.05) is 36.4 Å². The summed E-state index contributed by atoms with van der Waals surface area (Å²) in [6.07, 6.45) is -2.86. The molecule has 0 saturated heterocycles. The number of benzene rings is 2. The van der Waals surface area contributed by atoms with E-state index in [0.29, 0.717) is 18.7 Å². The van der Waals surface area contributed by atoms with Gasteiger partial charge in [0.1, 0.15) is 0 Å². The van der Waals surface area contributed by atoms with Gasteiger partial charge in [-0.15, -0.1) is 0 Å². The average Bonchev–Trinajstić information content (AvgIpc) is 3.09. The Balaban J connectivity index is 2.01. The summed E-state index contributed by atoms with van der Waals surface area (Å²) >= 11 is 0. The third kappa shape index (κ3) is 4.98. The maximum absolute atomic E-state index is 13.7. The van der Waals surface area contributed by atoms with Crippen molar-refractivity contribution in [1.29, 1.82) is 0 Å². The second-order valence-electron chi connectivity index (χ2n) is 7.28. The lowest BCUT2D eigenvalue weighted by Crippen LogP contribution is -2.32. The molecule has 29 heavy (non-hydrogen) atoms. The number of hydrogen-bond donors (Lipinski definition) is 2. The average molecular weight is 403 g/mol. The summed E-state index contributed by atoms with van der Waals surface area (Å²) in [7, 11) is 3.78. The van der Waals surface area contributed by atoms with Crippen molar-refractivity contribution in [2.45, 2.75) is 18.5 Å². The van der Waals surface area contributed by atoms with Gasteiger partial charge >= 0.3 is 6.18 Å². The van der Waals surface area contributed by atoms with Crippen LogP contribution in [0.4, 0.5) is 13.2 Å². The van der Waals surface area contributed by atoms with Crippen LogP contribution in [-0.4, -0.2) is 43.0 Å². The number of rotatable bonds is 7. The molecule has 0 spiro atoms. The van der Waals surface area contributed by atoms with Gasteiger partial charge in [0.25, 0.3) is 0 Å². The maximum atomic E-state index is 13.7. The van der Waals surface area contributed by atoms with Crippen LogP contribution >= 0.6 is 0 Å². The number of nitrogens with one attached hydrogen (secondary N) is 2. The lowest BCUT2D eigenvalue weighted by Gasteiger charge is -2.22. The van der Waals surface area contributed by atoms with E-state index in [0.717, 1.165) is 17.0 Å². The minimum atomic E-state index is -4.50. The zero-order valence-electron chi connectivity index (χ0n) is 16.4. The van der Waals surface area contributed by atoms with Gasteiger partial charge in [-0.05, 0) is 37.4 Å². The fraction of sp³-hybridized carbons (Fsp3) is 0.318. The molecule has 1 heterocycles. The van der Waals surface area contributed by atoms with Gasteiger partial charge in [0.15, 0.2) is 0 Å². The summed E-state index contributed by atoms with van der Waals surface area (Å²) in [4.78, 5) is 17.6. The molecule has 1 atom stereocenters. The van der Waals surface area contributed by atoms with E-state index in [1.54, 1.807) is 12.3 Å². The Hall–Kier alpha value is -2.80. The summed E-state index contributed by atoms with van der Waals surface area (Å²) in [5.41, 5.74) is 0.897. The Morgan fingerprint density at radius 2 is 1.76 bits per heavy atom. The summed E-state index contributed by atoms with van der Waals surface area (Å²) in [5.74, 6) is -0.998. The van der Waals surface area contributed by atoms with Crippen molar-refractivity contribution in [2.75, 3.05) is 27.2 Å². The van der Waals surface area contributed by atoms with E-state index in [-0.39, 0.29) is 17.9 Å². The Morgan fingerprint density at radius 1 is 1.07 bits per heavy atom. The van der Waals surface area contributed by atoms with Crippen molar-refractivity contribution in [3.8, 4) is 0 Å². The molecule has 1 amide bonds. The standard InChI is InChI=1S/C22H24F3N3O/c1-28(2)12-11-26-21(29)13-17(15-7-3-5-9-19(15)22(23,24)25)18-14-27-20-10-6-4-8-16(18)20/h3-10,14,17,27H,11-13H2,1-2H3,(H,26,29)/t17-/m0/s1. The molecule has 0 aliphatic carbocycles. The van der Waals surface area contributed by atoms with Gasteiger partial charge in [0, 0.05) is 42.5 Å². The molecule has 0 bridgehead atoms. The van der Waals surface area contributed by atoms with E-state index in [9.17, 15) is 18.0 Å². The highest BCUT2D eigenvalue weighted by Gasteiger charge is 2.36. The van der Waals surface area contributed by atoms with E-state index in [1.807, 2.05) is 43.3 Å². The zero-order chi connectivity index (χ0) is 21.0. The number of halogens is 3. The smallest absolute Gasteiger partial charge is 0.361 e. The van der Waals surface area contributed by atoms with Crippen molar-refractivity contribution < 1.29 is 18.0 Å². The van der Waals surface area contributed by atoms with E-state index < -0.39 is 17.7 Å². The number of carbonyl (C=O) groups excluding carboxylic acids is 1. The van der Waals surface area contributed by atoms with Gasteiger partial charge in [0.2, 0.25) is 5.91 Å². The molecule has 154 valence electrons. The SMILES string of the molecule is CN(C)CCNC(=O)C[C@@H](c1ccccc1C(F)(F)F)c1c[nH]c2ccccc12. The van der Waals surface area contributed by atoms with Crippen molar-refractivity contribution in [2.24, 2.45) is 0 Å². The van der Waals surface area contributed by atoms with E-state index >= 15 is 0 Å². The summed E-state index contributed by atoms with van der Waals surface area (Å²) in [5, 5.41) is 3.63. The maximum Gasteiger partial charge on any atom is 0.416 e. The number of hydrogen-bond acceptors (Lipinski definition) is 2. The molecule has 0 unspecified atom stereocenters. The molecule has 2 aromatic carbocycles. The molecule has 0 aliphatic heterocycles. The highest BCUT2D eigenvalue weighted by molar-refractivity contribution is 5.86. The minimum Gasteiger partial charge on any atom is -0.361 e. The van der Waals surface area contributed by atoms with E-state index in [1.165, 1.54) is 12.1 Å². The Morgan fingerprint density at radius 3 is 2.48 bits per heavy atom. The number of aromatic nitrogens is 1. The number of fused-ring (bicyclic) bond motifs is 1. The fourth-order valence-electron chi connectivity index (χ4n) is 3.51. The molecule has 0 saturated carbocycles. The van der Waals surface area contributed by atoms with Crippen LogP contribution in [0.25, 0.3) is 10.9 Å². The minimum absolute atomic E-state index is 0.0671. The third-order valence-electron chi connectivity index (χ3n) is 4.91. The van der Waals surface area contributed by atoms with Gasteiger partial charge < -0.3 is 15.2 Å². The van der Waals surface area contributed by atoms with Crippen LogP contribution in [0.1, 0.15) is 29.0 Å². The molecule has 3 aromatic rings. The molecule has 7 heteroatoms. The number of alkyl halides is 3. The molecule has 0 fully saturated rings. The van der Waals surface area contributed by atoms with Crippen LogP contribution in [0.15, 0.2) is 54.7 Å². The number of aromatic amines is 1. The van der Waals surface area contributed by atoms with Crippen molar-refractivity contribution in [1.82, 2.24) is 15.2 Å². The molecular weight excluding hydrogens is 379 g/mol. The predicted octanol–water partition coefficient (Wildman–Crippen LogP) is 4.39. The molecular formula is C22H24F3N3O. The van der Waals surface area contributed by atoms with Crippen LogP contribution < -0.4 is 5.32 Å². The largest absolute Gasteiger partial charge is 0.416 e. The monoisotopic (exact) mass is 403 g/mol. The normalized spacial score (nSPS) is 13.0. The molecule has 2 N–H and O–H groups in total. The quantitative estimate of drug-likeness (QED) is 0.615. The van der Waals surface area contributed by atoms with Crippen LogP contribution in [-0.2, 0) is 11.0 Å². The molecule has 1 aromatic heterocycles. The zero-order valence-corrected chi connectivity index (χ0v) is 16.4. The van der Waals surface area contributed by atoms with Crippen LogP contribution in [0.5, 0.6) is 0 Å². The first kappa shape index (κ1) is 20.9. The number of amides is 1. The second-order valence-corrected chi connectivity index (χ2v) is 7.28. The predicted molar refractivity (Wildman–Crippen MR) is 108 cm³/mol. The highest BCUT2D eigenvalue weighted by Crippen LogP contribution is 2.40. The topological polar surface area (TPSA) is 48.1 Å². The first-order valence-corrected chi connectivity index (χ1v) is 9.41. The lowest BCUT2D eigenvalue weighted by atomic mass is 9.85. The van der Waals surface area contributed by atoms with E-state index in [4.69, 9.17) is 0 Å². The first-order chi connectivity index (χ1) is 13.8. The molecule has 3 rings (SSSR count). The van der Waals surface area contributed by atoms with Gasteiger partial charge in [-0.25, -0.2) is 0 Å². The summed E-state index contributed by atoms with van der Waals surface area (Å²) in [6.45, 7) is 1.09. The van der Waals surface area contributed by atoms with Crippen molar-refractivity contribution in [3.63, 3.8) is 0 Å². The number of H-pyrrole nitrogens is 1. The van der Waals surface area contributed by atoms with Crippen LogP contribution in [0.3, 0.4) is 0 Å². The van der Waals surface area contributed by atoms with Crippen molar-refractivity contribution in [3.05, 3.63) is 71.4 Å². The number of likely N-dealkylation sites (N-methyl/N-ethyl adjacent to an activating group) is 1. The number of nitrogens with zero attached hydrogens (tertiary/aromatic N) is 1. The molecule has 0 aliphatic rings. The lowest BCUT2D eigenvalue weighted by molar-refractivity contribution is -0.138. The fourth-order valence-corrected chi connectivity index (χ4v) is 3.51. The summed E-state index contributed by atoms with van der Waals surface area (Å²) < 4.78 is 41.0.